The van der Waals surface area contributed by atoms with Crippen LogP contribution in [-0.4, -0.2) is 23.5 Å². The molecule has 1 N–H and O–H groups in total. The topological polar surface area (TPSA) is 115 Å². The van der Waals surface area contributed by atoms with Gasteiger partial charge in [-0.15, -0.1) is 21.5 Å². The zero-order valence-corrected chi connectivity index (χ0v) is 11.4. The Morgan fingerprint density at radius 3 is 2.72 bits per heavy atom. The highest BCUT2D eigenvalue weighted by atomic mass is 35.5. The highest BCUT2D eigenvalue weighted by molar-refractivity contribution is 7.95. The van der Waals surface area contributed by atoms with Crippen LogP contribution in [0.25, 0.3) is 0 Å². The Kier molecular flexibility index (Phi) is 3.47. The minimum Gasteiger partial charge on any atom is -0.258 e. The average molecular weight is 327 g/mol. The van der Waals surface area contributed by atoms with Crippen LogP contribution in [-0.2, 0) is 10.0 Å². The van der Waals surface area contributed by atoms with Crippen molar-refractivity contribution in [3.05, 3.63) is 26.0 Å². The number of nitrogens with one attached hydrogen (secondary N) is 1. The maximum absolute atomic E-state index is 11.8. The second-order valence-corrected chi connectivity index (χ2v) is 7.23. The second-order valence-electron chi connectivity index (χ2n) is 2.83. The molecule has 0 amide bonds. The van der Waals surface area contributed by atoms with E-state index in [0.717, 1.165) is 17.4 Å². The van der Waals surface area contributed by atoms with Gasteiger partial charge in [0.2, 0.25) is 5.13 Å². The Morgan fingerprint density at radius 1 is 1.50 bits per heavy atom. The van der Waals surface area contributed by atoms with Gasteiger partial charge in [0.05, 0.1) is 4.92 Å². The van der Waals surface area contributed by atoms with Gasteiger partial charge < -0.3 is 0 Å². The minimum absolute atomic E-state index is 0.0715. The molecule has 2 rings (SSSR count). The zero-order chi connectivity index (χ0) is 13.3. The Morgan fingerprint density at radius 2 is 2.22 bits per heavy atom. The number of thiophene rings is 1. The fraction of sp³-hybridized carbons (Fsp3) is 0. The first kappa shape index (κ1) is 13.1. The molecule has 0 radical (unpaired) electrons. The molecule has 2 aromatic heterocycles. The first-order valence-corrected chi connectivity index (χ1v) is 7.68. The lowest BCUT2D eigenvalue weighted by atomic mass is 10.6. The summed E-state index contributed by atoms with van der Waals surface area (Å²) in [6.07, 6.45) is 0. The Bertz CT molecular complexity index is 680. The summed E-state index contributed by atoms with van der Waals surface area (Å²) in [7, 11) is -3.93. The zero-order valence-electron chi connectivity index (χ0n) is 8.23. The first-order valence-electron chi connectivity index (χ1n) is 4.13. The summed E-state index contributed by atoms with van der Waals surface area (Å²) in [5.74, 6) is 0. The van der Waals surface area contributed by atoms with Crippen LogP contribution in [0.1, 0.15) is 0 Å². The van der Waals surface area contributed by atoms with E-state index in [1.807, 2.05) is 0 Å². The molecule has 0 aliphatic heterocycles. The van der Waals surface area contributed by atoms with Crippen molar-refractivity contribution in [1.29, 1.82) is 0 Å². The van der Waals surface area contributed by atoms with Gasteiger partial charge in [-0.05, 0) is 0 Å². The third kappa shape index (κ3) is 2.58. The number of rotatable bonds is 4. The van der Waals surface area contributed by atoms with Crippen molar-refractivity contribution in [2.45, 2.75) is 4.21 Å². The monoisotopic (exact) mass is 326 g/mol. The van der Waals surface area contributed by atoms with E-state index in [1.54, 1.807) is 0 Å². The number of halogens is 1. The molecule has 0 aliphatic rings. The normalized spacial score (nSPS) is 11.4. The molecule has 2 aromatic rings. The summed E-state index contributed by atoms with van der Waals surface area (Å²) in [6.45, 7) is 0. The molecule has 2 heterocycles. The van der Waals surface area contributed by atoms with Gasteiger partial charge in [0.15, 0.2) is 4.34 Å². The van der Waals surface area contributed by atoms with Crippen LogP contribution >= 0.6 is 34.3 Å². The molecule has 0 atom stereocenters. The van der Waals surface area contributed by atoms with Gasteiger partial charge in [-0.1, -0.05) is 22.9 Å². The van der Waals surface area contributed by atoms with E-state index in [2.05, 4.69) is 14.9 Å². The van der Waals surface area contributed by atoms with Crippen molar-refractivity contribution < 1.29 is 13.3 Å². The van der Waals surface area contributed by atoms with Crippen molar-refractivity contribution in [2.75, 3.05) is 4.72 Å². The van der Waals surface area contributed by atoms with Gasteiger partial charge in [-0.25, -0.2) is 8.42 Å². The van der Waals surface area contributed by atoms with Crippen LogP contribution in [0.15, 0.2) is 15.8 Å². The van der Waals surface area contributed by atoms with E-state index in [1.165, 1.54) is 5.51 Å². The maximum Gasteiger partial charge on any atom is 0.300 e. The fourth-order valence-corrected chi connectivity index (χ4v) is 4.34. The summed E-state index contributed by atoms with van der Waals surface area (Å²) < 4.78 is 25.4. The number of nitrogens with zero attached hydrogens (tertiary/aromatic N) is 3. The van der Waals surface area contributed by atoms with Gasteiger partial charge in [-0.3, -0.25) is 14.8 Å². The minimum atomic E-state index is -3.93. The summed E-state index contributed by atoms with van der Waals surface area (Å²) >= 11 is 7.18. The molecule has 0 saturated carbocycles. The van der Waals surface area contributed by atoms with E-state index in [9.17, 15) is 18.5 Å². The lowest BCUT2D eigenvalue weighted by Gasteiger charge is -1.99. The van der Waals surface area contributed by atoms with E-state index >= 15 is 0 Å². The maximum atomic E-state index is 11.8. The summed E-state index contributed by atoms with van der Waals surface area (Å²) in [6, 6.07) is 0.899. The standard InChI is InChI=1S/C6H3ClN4O4S3/c7-5-3(11(12)13)1-4(17-5)18(14,15)10-6-9-8-2-16-6/h1-2H,(H,9,10). The van der Waals surface area contributed by atoms with Crippen molar-refractivity contribution in [3.8, 4) is 0 Å². The molecule has 12 heteroatoms. The van der Waals surface area contributed by atoms with Crippen LogP contribution in [0, 0.1) is 10.1 Å². The molecule has 96 valence electrons. The number of hydrogen-bond acceptors (Lipinski definition) is 8. The predicted molar refractivity (Wildman–Crippen MR) is 66.7 cm³/mol. The van der Waals surface area contributed by atoms with Crippen LogP contribution in [0.3, 0.4) is 0 Å². The molecule has 0 bridgehead atoms. The molecule has 0 spiro atoms. The Labute approximate surface area is 113 Å². The largest absolute Gasteiger partial charge is 0.300 e. The first-order chi connectivity index (χ1) is 8.40. The summed E-state index contributed by atoms with van der Waals surface area (Å²) in [5, 5.41) is 17.6. The highest BCUT2D eigenvalue weighted by Crippen LogP contribution is 2.36. The van der Waals surface area contributed by atoms with E-state index < -0.39 is 20.6 Å². The quantitative estimate of drug-likeness (QED) is 0.678. The van der Waals surface area contributed by atoms with Crippen LogP contribution in [0.2, 0.25) is 4.34 Å². The average Bonchev–Trinajstić information content (AvgIpc) is 2.86. The molecule has 0 aliphatic carbocycles. The third-order valence-electron chi connectivity index (χ3n) is 1.69. The summed E-state index contributed by atoms with van der Waals surface area (Å²) in [5.41, 5.74) is 0.904. The lowest BCUT2D eigenvalue weighted by molar-refractivity contribution is -0.384. The molecule has 0 fully saturated rings. The molecule has 8 nitrogen and oxygen atoms in total. The third-order valence-corrected chi connectivity index (χ3v) is 5.58. The van der Waals surface area contributed by atoms with Gasteiger partial charge >= 0.3 is 0 Å². The van der Waals surface area contributed by atoms with Crippen LogP contribution in [0.5, 0.6) is 0 Å². The Balaban J connectivity index is 2.36. The van der Waals surface area contributed by atoms with E-state index in [-0.39, 0.29) is 13.7 Å². The predicted octanol–water partition coefficient (Wildman–Crippen LogP) is 1.96. The van der Waals surface area contributed by atoms with Crippen molar-refractivity contribution >= 4 is 55.1 Å². The van der Waals surface area contributed by atoms with Crippen molar-refractivity contribution in [3.63, 3.8) is 0 Å². The van der Waals surface area contributed by atoms with Gasteiger partial charge in [-0.2, -0.15) is 0 Å². The number of aromatic nitrogens is 2. The molecule has 0 saturated heterocycles. The van der Waals surface area contributed by atoms with Crippen molar-refractivity contribution in [1.82, 2.24) is 10.2 Å². The van der Waals surface area contributed by atoms with Gasteiger partial charge in [0.1, 0.15) is 9.72 Å². The summed E-state index contributed by atoms with van der Waals surface area (Å²) in [4.78, 5) is 9.82. The van der Waals surface area contributed by atoms with Crippen LogP contribution in [0.4, 0.5) is 10.8 Å². The molecule has 0 unspecified atom stereocenters. The van der Waals surface area contributed by atoms with Gasteiger partial charge in [0.25, 0.3) is 15.7 Å². The highest BCUT2D eigenvalue weighted by Gasteiger charge is 2.25. The second kappa shape index (κ2) is 4.76. The van der Waals surface area contributed by atoms with Crippen molar-refractivity contribution in [2.24, 2.45) is 0 Å². The number of sulfonamides is 1. The molecule has 18 heavy (non-hydrogen) atoms. The molecule has 0 aromatic carbocycles. The lowest BCUT2D eigenvalue weighted by Crippen LogP contribution is -2.11. The molecular weight excluding hydrogens is 324 g/mol. The fourth-order valence-electron chi connectivity index (χ4n) is 0.978. The van der Waals surface area contributed by atoms with Gasteiger partial charge in [0, 0.05) is 6.07 Å². The SMILES string of the molecule is O=[N+]([O-])c1cc(S(=O)(=O)Nc2nncs2)sc1Cl. The van der Waals surface area contributed by atoms with Crippen LogP contribution < -0.4 is 4.72 Å². The number of nitro groups is 1. The number of hydrogen-bond donors (Lipinski definition) is 1. The molecular formula is C6H3ClN4O4S3. The smallest absolute Gasteiger partial charge is 0.258 e. The number of anilines is 1. The van der Waals surface area contributed by atoms with E-state index in [0.29, 0.717) is 11.3 Å². The van der Waals surface area contributed by atoms with E-state index in [4.69, 9.17) is 11.6 Å². The Hall–Kier alpha value is -1.30.